The number of rotatable bonds is 2. The van der Waals surface area contributed by atoms with E-state index >= 15 is 0 Å². The Balaban J connectivity index is 2.23. The first kappa shape index (κ1) is 13.4. The van der Waals surface area contributed by atoms with Gasteiger partial charge in [0.1, 0.15) is 0 Å². The molecule has 0 aliphatic carbocycles. The van der Waals surface area contributed by atoms with Crippen LogP contribution in [0, 0.1) is 0 Å². The van der Waals surface area contributed by atoms with Gasteiger partial charge in [0.15, 0.2) is 0 Å². The van der Waals surface area contributed by atoms with Crippen molar-refractivity contribution in [1.29, 1.82) is 0 Å². The van der Waals surface area contributed by atoms with Crippen LogP contribution in [0.25, 0.3) is 0 Å². The summed E-state index contributed by atoms with van der Waals surface area (Å²) in [7, 11) is 0. The van der Waals surface area contributed by atoms with Crippen molar-refractivity contribution < 1.29 is 23.1 Å². The van der Waals surface area contributed by atoms with Crippen molar-refractivity contribution >= 4 is 11.7 Å². The molecule has 1 aliphatic rings. The van der Waals surface area contributed by atoms with Crippen LogP contribution in [0.4, 0.5) is 18.9 Å². The molecule has 0 atom stereocenters. The van der Waals surface area contributed by atoms with E-state index in [0.717, 1.165) is 6.08 Å². The molecule has 1 aliphatic heterocycles. The number of alkyl halides is 3. The summed E-state index contributed by atoms with van der Waals surface area (Å²) in [6, 6.07) is 1.33. The lowest BCUT2D eigenvalue weighted by atomic mass is 10.1. The lowest BCUT2D eigenvalue weighted by Crippen LogP contribution is -2.33. The highest BCUT2D eigenvalue weighted by molar-refractivity contribution is 5.94. The molecule has 1 aromatic heterocycles. The summed E-state index contributed by atoms with van der Waals surface area (Å²) in [5.74, 6) is -1.12. The van der Waals surface area contributed by atoms with Crippen molar-refractivity contribution in [3.05, 3.63) is 35.7 Å². The average Bonchev–Trinajstić information content (AvgIpc) is 2.38. The lowest BCUT2D eigenvalue weighted by molar-refractivity contribution is -0.0944. The molecule has 2 heterocycles. The van der Waals surface area contributed by atoms with Gasteiger partial charge in [0.05, 0.1) is 17.4 Å². The maximum Gasteiger partial charge on any atom is 0.412 e. The SMILES string of the molecule is O=C(O)c1ccncc1N1CC=C(C(F)(F)F)CC1. The predicted octanol–water partition coefficient (Wildman–Crippen LogP) is 2.48. The van der Waals surface area contributed by atoms with Gasteiger partial charge in [0, 0.05) is 24.9 Å². The molecule has 0 saturated heterocycles. The molecule has 0 aromatic carbocycles. The van der Waals surface area contributed by atoms with E-state index in [1.54, 1.807) is 4.90 Å². The normalized spacial score (nSPS) is 16.2. The number of anilines is 1. The predicted molar refractivity (Wildman–Crippen MR) is 62.2 cm³/mol. The number of hydrogen-bond donors (Lipinski definition) is 1. The van der Waals surface area contributed by atoms with E-state index < -0.39 is 17.7 Å². The lowest BCUT2D eigenvalue weighted by Gasteiger charge is -2.29. The summed E-state index contributed by atoms with van der Waals surface area (Å²) in [5.41, 5.74) is -0.184. The second-order valence-electron chi connectivity index (χ2n) is 4.12. The van der Waals surface area contributed by atoms with Crippen molar-refractivity contribution in [3.8, 4) is 0 Å². The van der Waals surface area contributed by atoms with Crippen LogP contribution in [-0.4, -0.2) is 35.3 Å². The molecule has 0 amide bonds. The first-order chi connectivity index (χ1) is 8.89. The average molecular weight is 272 g/mol. The van der Waals surface area contributed by atoms with E-state index in [1.165, 1.54) is 18.5 Å². The number of aromatic carboxylic acids is 1. The van der Waals surface area contributed by atoms with Crippen LogP contribution in [0.3, 0.4) is 0 Å². The fourth-order valence-electron chi connectivity index (χ4n) is 1.96. The summed E-state index contributed by atoms with van der Waals surface area (Å²) in [4.78, 5) is 16.4. The van der Waals surface area contributed by atoms with Gasteiger partial charge in [-0.15, -0.1) is 0 Å². The molecule has 102 valence electrons. The molecule has 2 rings (SSSR count). The second-order valence-corrected chi connectivity index (χ2v) is 4.12. The van der Waals surface area contributed by atoms with Crippen molar-refractivity contribution in [2.45, 2.75) is 12.6 Å². The Hall–Kier alpha value is -2.05. The maximum absolute atomic E-state index is 12.5. The fraction of sp³-hybridized carbons (Fsp3) is 0.333. The Morgan fingerprint density at radius 3 is 2.68 bits per heavy atom. The van der Waals surface area contributed by atoms with Gasteiger partial charge < -0.3 is 10.0 Å². The van der Waals surface area contributed by atoms with E-state index in [0.29, 0.717) is 5.69 Å². The first-order valence-electron chi connectivity index (χ1n) is 5.58. The van der Waals surface area contributed by atoms with E-state index in [9.17, 15) is 18.0 Å². The van der Waals surface area contributed by atoms with Crippen LogP contribution >= 0.6 is 0 Å². The third kappa shape index (κ3) is 2.86. The van der Waals surface area contributed by atoms with E-state index in [-0.39, 0.29) is 25.1 Å². The molecule has 19 heavy (non-hydrogen) atoms. The van der Waals surface area contributed by atoms with Gasteiger partial charge in [-0.25, -0.2) is 4.79 Å². The van der Waals surface area contributed by atoms with Gasteiger partial charge in [-0.05, 0) is 12.5 Å². The van der Waals surface area contributed by atoms with Crippen LogP contribution in [0.2, 0.25) is 0 Å². The highest BCUT2D eigenvalue weighted by Crippen LogP contribution is 2.32. The molecular formula is C12H11F3N2O2. The van der Waals surface area contributed by atoms with Crippen molar-refractivity contribution in [2.24, 2.45) is 0 Å². The van der Waals surface area contributed by atoms with Gasteiger partial charge in [0.2, 0.25) is 0 Å². The Labute approximate surface area is 107 Å². The number of halogens is 3. The zero-order chi connectivity index (χ0) is 14.0. The van der Waals surface area contributed by atoms with Gasteiger partial charge in [-0.2, -0.15) is 13.2 Å². The molecule has 7 heteroatoms. The number of pyridine rings is 1. The molecule has 4 nitrogen and oxygen atoms in total. The zero-order valence-electron chi connectivity index (χ0n) is 9.81. The van der Waals surface area contributed by atoms with Gasteiger partial charge in [-0.1, -0.05) is 6.08 Å². The number of aromatic nitrogens is 1. The monoisotopic (exact) mass is 272 g/mol. The summed E-state index contributed by atoms with van der Waals surface area (Å²) < 4.78 is 37.5. The van der Waals surface area contributed by atoms with Gasteiger partial charge in [0.25, 0.3) is 0 Å². The largest absolute Gasteiger partial charge is 0.478 e. The first-order valence-corrected chi connectivity index (χ1v) is 5.58. The third-order valence-electron chi connectivity index (χ3n) is 2.94. The van der Waals surface area contributed by atoms with Crippen molar-refractivity contribution in [3.63, 3.8) is 0 Å². The highest BCUT2D eigenvalue weighted by atomic mass is 19.4. The van der Waals surface area contributed by atoms with Crippen LogP contribution in [0.5, 0.6) is 0 Å². The number of carbonyl (C=O) groups is 1. The Morgan fingerprint density at radius 2 is 2.16 bits per heavy atom. The second kappa shape index (κ2) is 4.91. The number of carboxylic acids is 1. The fourth-order valence-corrected chi connectivity index (χ4v) is 1.96. The van der Waals surface area contributed by atoms with Crippen LogP contribution < -0.4 is 4.90 Å². The Kier molecular flexibility index (Phi) is 3.46. The smallest absolute Gasteiger partial charge is 0.412 e. The highest BCUT2D eigenvalue weighted by Gasteiger charge is 2.35. The minimum absolute atomic E-state index is 0.0286. The number of hydrogen-bond acceptors (Lipinski definition) is 3. The molecule has 0 saturated carbocycles. The van der Waals surface area contributed by atoms with Crippen molar-refractivity contribution in [2.75, 3.05) is 18.0 Å². The molecule has 0 bridgehead atoms. The van der Waals surface area contributed by atoms with Crippen LogP contribution in [0.15, 0.2) is 30.1 Å². The van der Waals surface area contributed by atoms with Gasteiger partial charge >= 0.3 is 12.1 Å². The molecule has 1 N–H and O–H groups in total. The molecule has 0 spiro atoms. The van der Waals surface area contributed by atoms with Crippen LogP contribution in [0.1, 0.15) is 16.8 Å². The van der Waals surface area contributed by atoms with E-state index in [2.05, 4.69) is 4.98 Å². The van der Waals surface area contributed by atoms with E-state index in [4.69, 9.17) is 5.11 Å². The van der Waals surface area contributed by atoms with Gasteiger partial charge in [-0.3, -0.25) is 4.98 Å². The van der Waals surface area contributed by atoms with Crippen molar-refractivity contribution in [1.82, 2.24) is 4.98 Å². The summed E-state index contributed by atoms with van der Waals surface area (Å²) >= 11 is 0. The Bertz CT molecular complexity index is 526. The summed E-state index contributed by atoms with van der Waals surface area (Å²) in [5, 5.41) is 9.03. The maximum atomic E-state index is 12.5. The molecule has 1 aromatic rings. The minimum Gasteiger partial charge on any atom is -0.478 e. The minimum atomic E-state index is -4.31. The molecule has 0 fully saturated rings. The number of carboxylic acid groups (broad SMARTS) is 1. The van der Waals surface area contributed by atoms with Crippen LogP contribution in [-0.2, 0) is 0 Å². The summed E-state index contributed by atoms with van der Waals surface area (Å²) in [6.07, 6.45) is -0.681. The number of nitrogens with zero attached hydrogens (tertiary/aromatic N) is 2. The topological polar surface area (TPSA) is 53.4 Å². The Morgan fingerprint density at radius 1 is 1.42 bits per heavy atom. The quantitative estimate of drug-likeness (QED) is 0.840. The standard InChI is InChI=1S/C12H11F3N2O2/c13-12(14,15)8-2-5-17(6-3-8)10-7-16-4-1-9(10)11(18)19/h1-2,4,7H,3,5-6H2,(H,18,19). The molecular weight excluding hydrogens is 261 g/mol. The summed E-state index contributed by atoms with van der Waals surface area (Å²) in [6.45, 7) is 0.151. The molecule has 0 radical (unpaired) electrons. The third-order valence-corrected chi connectivity index (χ3v) is 2.94. The zero-order valence-corrected chi connectivity index (χ0v) is 9.81. The van der Waals surface area contributed by atoms with E-state index in [1.807, 2.05) is 0 Å². The molecule has 0 unspecified atom stereocenters.